The van der Waals surface area contributed by atoms with Crippen LogP contribution in [0, 0.1) is 0 Å². The molecule has 0 unspecified atom stereocenters. The number of rotatable bonds is 6. The van der Waals surface area contributed by atoms with E-state index < -0.39 is 15.9 Å². The van der Waals surface area contributed by atoms with Crippen LogP contribution in [0.2, 0.25) is 0 Å². The lowest BCUT2D eigenvalue weighted by Gasteiger charge is -2.14. The fourth-order valence-corrected chi connectivity index (χ4v) is 2.09. The summed E-state index contributed by atoms with van der Waals surface area (Å²) in [5, 5.41) is 0. The summed E-state index contributed by atoms with van der Waals surface area (Å²) in [6.45, 7) is 1.66. The average Bonchev–Trinajstić information content (AvgIpc) is 1.99. The van der Waals surface area contributed by atoms with Gasteiger partial charge in [0.15, 0.2) is 0 Å². The first kappa shape index (κ1) is 12.4. The molecule has 2 N–H and O–H groups in total. The van der Waals surface area contributed by atoms with Gasteiger partial charge in [-0.15, -0.1) is 0 Å². The van der Waals surface area contributed by atoms with Crippen molar-refractivity contribution in [1.82, 2.24) is 4.31 Å². The molecule has 0 heterocycles. The molecule has 0 aromatic rings. The minimum absolute atomic E-state index is 0.0767. The SMILES string of the molecule is CCCCS(=O)(=O)N(C)CC(N)=O. The molecule has 78 valence electrons. The highest BCUT2D eigenvalue weighted by Gasteiger charge is 2.18. The van der Waals surface area contributed by atoms with Crippen LogP contribution in [0.25, 0.3) is 0 Å². The molecule has 0 radical (unpaired) electrons. The lowest BCUT2D eigenvalue weighted by molar-refractivity contribution is -0.118. The maximum Gasteiger partial charge on any atom is 0.232 e. The van der Waals surface area contributed by atoms with E-state index in [4.69, 9.17) is 5.73 Å². The fraction of sp³-hybridized carbons (Fsp3) is 0.857. The van der Waals surface area contributed by atoms with Crippen molar-refractivity contribution in [3.8, 4) is 0 Å². The quantitative estimate of drug-likeness (QED) is 0.641. The Balaban J connectivity index is 4.20. The summed E-state index contributed by atoms with van der Waals surface area (Å²) in [5.41, 5.74) is 4.87. The van der Waals surface area contributed by atoms with Crippen molar-refractivity contribution in [3.05, 3.63) is 0 Å². The Morgan fingerprint density at radius 1 is 1.46 bits per heavy atom. The van der Waals surface area contributed by atoms with Crippen LogP contribution < -0.4 is 5.73 Å². The molecule has 0 aliphatic heterocycles. The smallest absolute Gasteiger partial charge is 0.232 e. The highest BCUT2D eigenvalue weighted by molar-refractivity contribution is 7.89. The summed E-state index contributed by atoms with van der Waals surface area (Å²) in [5.74, 6) is -0.560. The molecule has 0 aliphatic rings. The average molecular weight is 208 g/mol. The minimum Gasteiger partial charge on any atom is -0.369 e. The molecule has 0 saturated carbocycles. The van der Waals surface area contributed by atoms with Crippen LogP contribution in [-0.2, 0) is 14.8 Å². The minimum atomic E-state index is -3.29. The van der Waals surface area contributed by atoms with E-state index in [0.717, 1.165) is 10.7 Å². The molecule has 5 nitrogen and oxygen atoms in total. The van der Waals surface area contributed by atoms with E-state index in [9.17, 15) is 13.2 Å². The van der Waals surface area contributed by atoms with E-state index in [1.807, 2.05) is 6.92 Å². The summed E-state index contributed by atoms with van der Waals surface area (Å²) in [6.07, 6.45) is 1.41. The van der Waals surface area contributed by atoms with Crippen molar-refractivity contribution in [2.45, 2.75) is 19.8 Å². The van der Waals surface area contributed by atoms with Gasteiger partial charge in [-0.1, -0.05) is 13.3 Å². The monoisotopic (exact) mass is 208 g/mol. The standard InChI is InChI=1S/C7H16N2O3S/c1-3-4-5-13(11,12)9(2)6-7(8)10/h3-6H2,1-2H3,(H2,8,10). The number of hydrogen-bond donors (Lipinski definition) is 1. The van der Waals surface area contributed by atoms with Crippen LogP contribution in [0.15, 0.2) is 0 Å². The van der Waals surface area contributed by atoms with Gasteiger partial charge in [0.05, 0.1) is 12.3 Å². The van der Waals surface area contributed by atoms with Crippen LogP contribution >= 0.6 is 0 Å². The summed E-state index contributed by atoms with van der Waals surface area (Å²) in [7, 11) is -1.93. The van der Waals surface area contributed by atoms with Gasteiger partial charge >= 0.3 is 0 Å². The molecule has 6 heteroatoms. The van der Waals surface area contributed by atoms with Gasteiger partial charge in [0, 0.05) is 7.05 Å². The lowest BCUT2D eigenvalue weighted by Crippen LogP contribution is -2.36. The van der Waals surface area contributed by atoms with Gasteiger partial charge in [-0.25, -0.2) is 8.42 Å². The van der Waals surface area contributed by atoms with E-state index in [1.165, 1.54) is 7.05 Å². The van der Waals surface area contributed by atoms with Crippen molar-refractivity contribution in [2.24, 2.45) is 5.73 Å². The zero-order valence-electron chi connectivity index (χ0n) is 7.99. The number of unbranched alkanes of at least 4 members (excludes halogenated alkanes) is 1. The van der Waals surface area contributed by atoms with E-state index in [-0.39, 0.29) is 12.3 Å². The number of carbonyl (C=O) groups excluding carboxylic acids is 1. The summed E-state index contributed by atoms with van der Waals surface area (Å²) < 4.78 is 23.7. The van der Waals surface area contributed by atoms with Crippen molar-refractivity contribution in [3.63, 3.8) is 0 Å². The Kier molecular flexibility index (Phi) is 4.94. The number of hydrogen-bond acceptors (Lipinski definition) is 3. The molecular weight excluding hydrogens is 192 g/mol. The number of likely N-dealkylation sites (N-methyl/N-ethyl adjacent to an activating group) is 1. The Labute approximate surface area is 79.0 Å². The van der Waals surface area contributed by atoms with Crippen LogP contribution in [0.1, 0.15) is 19.8 Å². The number of primary amides is 1. The maximum atomic E-state index is 11.3. The molecule has 0 aliphatic carbocycles. The first-order valence-corrected chi connectivity index (χ1v) is 5.73. The number of carbonyl (C=O) groups is 1. The van der Waals surface area contributed by atoms with E-state index in [1.54, 1.807) is 0 Å². The number of nitrogens with two attached hydrogens (primary N) is 1. The van der Waals surface area contributed by atoms with Crippen molar-refractivity contribution in [1.29, 1.82) is 0 Å². The van der Waals surface area contributed by atoms with Gasteiger partial charge in [-0.2, -0.15) is 4.31 Å². The van der Waals surface area contributed by atoms with E-state index in [0.29, 0.717) is 6.42 Å². The van der Waals surface area contributed by atoms with Crippen molar-refractivity contribution < 1.29 is 13.2 Å². The zero-order chi connectivity index (χ0) is 10.5. The van der Waals surface area contributed by atoms with Crippen LogP contribution in [0.5, 0.6) is 0 Å². The van der Waals surface area contributed by atoms with E-state index in [2.05, 4.69) is 0 Å². The molecule has 0 atom stereocenters. The van der Waals surface area contributed by atoms with Crippen LogP contribution in [-0.4, -0.2) is 38.0 Å². The van der Waals surface area contributed by atoms with Gasteiger partial charge < -0.3 is 5.73 Å². The van der Waals surface area contributed by atoms with Crippen LogP contribution in [0.3, 0.4) is 0 Å². The Morgan fingerprint density at radius 2 is 2.00 bits per heavy atom. The molecule has 13 heavy (non-hydrogen) atoms. The zero-order valence-corrected chi connectivity index (χ0v) is 8.80. The van der Waals surface area contributed by atoms with Crippen molar-refractivity contribution in [2.75, 3.05) is 19.3 Å². The molecule has 0 aromatic carbocycles. The first-order valence-electron chi connectivity index (χ1n) is 4.12. The van der Waals surface area contributed by atoms with Crippen LogP contribution in [0.4, 0.5) is 0 Å². The molecule has 0 aromatic heterocycles. The van der Waals surface area contributed by atoms with Gasteiger partial charge in [0.1, 0.15) is 0 Å². The second-order valence-electron chi connectivity index (χ2n) is 2.89. The first-order chi connectivity index (χ1) is 5.90. The molecule has 1 amide bonds. The number of nitrogens with zero attached hydrogens (tertiary/aromatic N) is 1. The third-order valence-electron chi connectivity index (χ3n) is 1.61. The molecule has 0 spiro atoms. The predicted octanol–water partition coefficient (Wildman–Crippen LogP) is -0.467. The summed E-state index contributed by atoms with van der Waals surface area (Å²) in [6, 6.07) is 0. The van der Waals surface area contributed by atoms with Gasteiger partial charge in [0.25, 0.3) is 0 Å². The molecule has 0 saturated heterocycles. The van der Waals surface area contributed by atoms with Gasteiger partial charge in [-0.05, 0) is 6.42 Å². The Morgan fingerprint density at radius 3 is 2.38 bits per heavy atom. The van der Waals surface area contributed by atoms with E-state index >= 15 is 0 Å². The topological polar surface area (TPSA) is 80.5 Å². The Hall–Kier alpha value is -0.620. The largest absolute Gasteiger partial charge is 0.369 e. The number of sulfonamides is 1. The van der Waals surface area contributed by atoms with Gasteiger partial charge in [-0.3, -0.25) is 4.79 Å². The molecule has 0 rings (SSSR count). The maximum absolute atomic E-state index is 11.3. The Bertz CT molecular complexity index is 261. The highest BCUT2D eigenvalue weighted by atomic mass is 32.2. The second kappa shape index (κ2) is 5.18. The number of amides is 1. The second-order valence-corrected chi connectivity index (χ2v) is 5.09. The molecular formula is C7H16N2O3S. The molecule has 0 bridgehead atoms. The third kappa shape index (κ3) is 4.84. The molecule has 0 fully saturated rings. The highest BCUT2D eigenvalue weighted by Crippen LogP contribution is 2.01. The van der Waals surface area contributed by atoms with Gasteiger partial charge in [0.2, 0.25) is 15.9 Å². The van der Waals surface area contributed by atoms with Crippen molar-refractivity contribution >= 4 is 15.9 Å². The third-order valence-corrected chi connectivity index (χ3v) is 3.49. The predicted molar refractivity (Wildman–Crippen MR) is 50.5 cm³/mol. The summed E-state index contributed by atoms with van der Waals surface area (Å²) in [4.78, 5) is 10.4. The summed E-state index contributed by atoms with van der Waals surface area (Å²) >= 11 is 0. The lowest BCUT2D eigenvalue weighted by atomic mass is 10.4. The normalized spacial score (nSPS) is 11.9. The fourth-order valence-electron chi connectivity index (χ4n) is 0.800.